The Labute approximate surface area is 113 Å². The zero-order valence-electron chi connectivity index (χ0n) is 11.2. The molecule has 0 saturated carbocycles. The molecule has 19 heavy (non-hydrogen) atoms. The van der Waals surface area contributed by atoms with Crippen molar-refractivity contribution in [3.05, 3.63) is 35.4 Å². The molecule has 0 spiro atoms. The molecule has 1 fully saturated rings. The van der Waals surface area contributed by atoms with Crippen LogP contribution in [-0.4, -0.2) is 23.9 Å². The van der Waals surface area contributed by atoms with E-state index in [0.29, 0.717) is 0 Å². The summed E-state index contributed by atoms with van der Waals surface area (Å²) < 4.78 is 0. The predicted molar refractivity (Wildman–Crippen MR) is 73.0 cm³/mol. The molecule has 1 amide bonds. The number of likely N-dealkylation sites (tertiary alicyclic amines) is 1. The zero-order valence-corrected chi connectivity index (χ0v) is 11.2. The number of hydrogen-bond donors (Lipinski definition) is 1. The van der Waals surface area contributed by atoms with E-state index < -0.39 is 0 Å². The molecule has 1 atom stereocenters. The van der Waals surface area contributed by atoms with E-state index in [4.69, 9.17) is 5.73 Å². The highest BCUT2D eigenvalue weighted by atomic mass is 16.1. The molecule has 1 aromatic rings. The Bertz CT molecular complexity index is 498. The van der Waals surface area contributed by atoms with Crippen LogP contribution in [0.2, 0.25) is 0 Å². The second-order valence-electron chi connectivity index (χ2n) is 5.16. The lowest BCUT2D eigenvalue weighted by Crippen LogP contribution is -2.40. The highest BCUT2D eigenvalue weighted by molar-refractivity contribution is 5.76. The van der Waals surface area contributed by atoms with Crippen LogP contribution in [0.3, 0.4) is 0 Å². The van der Waals surface area contributed by atoms with Crippen molar-refractivity contribution in [1.29, 1.82) is 5.26 Å². The molecular weight excluding hydrogens is 238 g/mol. The van der Waals surface area contributed by atoms with Crippen LogP contribution < -0.4 is 5.73 Å². The molecule has 0 radical (unpaired) electrons. The summed E-state index contributed by atoms with van der Waals surface area (Å²) in [6.07, 6.45) is 1.50. The van der Waals surface area contributed by atoms with Crippen LogP contribution in [-0.2, 0) is 4.79 Å². The second-order valence-corrected chi connectivity index (χ2v) is 5.16. The number of aryl methyl sites for hydroxylation is 1. The highest BCUT2D eigenvalue weighted by Crippen LogP contribution is 2.26. The summed E-state index contributed by atoms with van der Waals surface area (Å²) >= 11 is 0. The van der Waals surface area contributed by atoms with Crippen LogP contribution in [0, 0.1) is 24.2 Å². The Morgan fingerprint density at radius 1 is 1.47 bits per heavy atom. The molecule has 1 saturated heterocycles. The molecule has 0 bridgehead atoms. The van der Waals surface area contributed by atoms with E-state index >= 15 is 0 Å². The SMILES string of the molecule is Cc1cccc(C(C#N)N2CCC(C(N)=O)CC2)c1. The summed E-state index contributed by atoms with van der Waals surface area (Å²) in [6, 6.07) is 10.2. The van der Waals surface area contributed by atoms with Crippen molar-refractivity contribution >= 4 is 5.91 Å². The van der Waals surface area contributed by atoms with E-state index in [1.54, 1.807) is 0 Å². The number of piperidine rings is 1. The molecule has 0 aliphatic carbocycles. The number of nitrogens with two attached hydrogens (primary N) is 1. The van der Waals surface area contributed by atoms with Gasteiger partial charge in [0.15, 0.2) is 0 Å². The average molecular weight is 257 g/mol. The second kappa shape index (κ2) is 5.85. The first-order valence-electron chi connectivity index (χ1n) is 6.61. The number of amides is 1. The van der Waals surface area contributed by atoms with Gasteiger partial charge >= 0.3 is 0 Å². The number of benzene rings is 1. The number of rotatable bonds is 3. The molecule has 1 aliphatic heterocycles. The summed E-state index contributed by atoms with van der Waals surface area (Å²) in [5.41, 5.74) is 7.51. The van der Waals surface area contributed by atoms with Crippen molar-refractivity contribution in [2.24, 2.45) is 11.7 Å². The fourth-order valence-electron chi connectivity index (χ4n) is 2.65. The van der Waals surface area contributed by atoms with Crippen LogP contribution in [0.15, 0.2) is 24.3 Å². The maximum absolute atomic E-state index is 11.2. The summed E-state index contributed by atoms with van der Waals surface area (Å²) in [5.74, 6) is -0.253. The minimum absolute atomic E-state index is 0.0342. The van der Waals surface area contributed by atoms with E-state index in [0.717, 1.165) is 37.1 Å². The van der Waals surface area contributed by atoms with Gasteiger partial charge in [0.25, 0.3) is 0 Å². The standard InChI is InChI=1S/C15H19N3O/c1-11-3-2-4-13(9-11)14(10-16)18-7-5-12(6-8-18)15(17)19/h2-4,9,12,14H,5-8H2,1H3,(H2,17,19). The van der Waals surface area contributed by atoms with Crippen LogP contribution in [0.1, 0.15) is 30.0 Å². The third-order valence-corrected chi connectivity index (χ3v) is 3.78. The molecule has 1 aliphatic rings. The van der Waals surface area contributed by atoms with Crippen LogP contribution in [0.5, 0.6) is 0 Å². The van der Waals surface area contributed by atoms with Crippen molar-refractivity contribution < 1.29 is 4.79 Å². The Kier molecular flexibility index (Phi) is 4.18. The number of carbonyl (C=O) groups is 1. The van der Waals surface area contributed by atoms with E-state index in [2.05, 4.69) is 11.0 Å². The van der Waals surface area contributed by atoms with Gasteiger partial charge in [-0.15, -0.1) is 0 Å². The van der Waals surface area contributed by atoms with Crippen molar-refractivity contribution in [2.75, 3.05) is 13.1 Å². The van der Waals surface area contributed by atoms with Crippen LogP contribution in [0.25, 0.3) is 0 Å². The minimum atomic E-state index is -0.228. The Morgan fingerprint density at radius 3 is 2.68 bits per heavy atom. The van der Waals surface area contributed by atoms with Gasteiger partial charge in [-0.3, -0.25) is 9.69 Å². The van der Waals surface area contributed by atoms with E-state index in [-0.39, 0.29) is 17.9 Å². The smallest absolute Gasteiger partial charge is 0.220 e. The molecule has 1 heterocycles. The van der Waals surface area contributed by atoms with E-state index in [1.807, 2.05) is 31.2 Å². The third kappa shape index (κ3) is 3.12. The molecule has 0 aromatic heterocycles. The Hall–Kier alpha value is -1.86. The van der Waals surface area contributed by atoms with Gasteiger partial charge in [-0.2, -0.15) is 5.26 Å². The lowest BCUT2D eigenvalue weighted by Gasteiger charge is -2.33. The van der Waals surface area contributed by atoms with Gasteiger partial charge < -0.3 is 5.73 Å². The van der Waals surface area contributed by atoms with Gasteiger partial charge in [-0.25, -0.2) is 0 Å². The van der Waals surface area contributed by atoms with Gasteiger partial charge in [0, 0.05) is 19.0 Å². The van der Waals surface area contributed by atoms with Gasteiger partial charge in [-0.1, -0.05) is 29.8 Å². The fourth-order valence-corrected chi connectivity index (χ4v) is 2.65. The normalized spacial score (nSPS) is 18.7. The topological polar surface area (TPSA) is 70.1 Å². The molecular formula is C15H19N3O. The van der Waals surface area contributed by atoms with Crippen LogP contribution in [0.4, 0.5) is 0 Å². The molecule has 1 aromatic carbocycles. The van der Waals surface area contributed by atoms with Gasteiger partial charge in [0.2, 0.25) is 5.91 Å². The summed E-state index contributed by atoms with van der Waals surface area (Å²) in [6.45, 7) is 3.52. The van der Waals surface area contributed by atoms with Crippen LogP contribution >= 0.6 is 0 Å². The number of nitrogens with zero attached hydrogens (tertiary/aromatic N) is 2. The first-order chi connectivity index (χ1) is 9.11. The van der Waals surface area contributed by atoms with E-state index in [9.17, 15) is 10.1 Å². The lowest BCUT2D eigenvalue weighted by molar-refractivity contribution is -0.123. The molecule has 4 heteroatoms. The summed E-state index contributed by atoms with van der Waals surface area (Å²) in [4.78, 5) is 13.3. The molecule has 2 rings (SSSR count). The van der Waals surface area contributed by atoms with Crippen molar-refractivity contribution in [1.82, 2.24) is 4.90 Å². The minimum Gasteiger partial charge on any atom is -0.369 e. The molecule has 2 N–H and O–H groups in total. The predicted octanol–water partition coefficient (Wildman–Crippen LogP) is 1.76. The quantitative estimate of drug-likeness (QED) is 0.897. The summed E-state index contributed by atoms with van der Waals surface area (Å²) in [5, 5.41) is 9.41. The number of nitriles is 1. The number of carbonyl (C=O) groups excluding carboxylic acids is 1. The van der Waals surface area contributed by atoms with Crippen molar-refractivity contribution in [3.63, 3.8) is 0 Å². The van der Waals surface area contributed by atoms with Gasteiger partial charge in [-0.05, 0) is 25.3 Å². The van der Waals surface area contributed by atoms with Gasteiger partial charge in [0.05, 0.1) is 6.07 Å². The van der Waals surface area contributed by atoms with Gasteiger partial charge in [0.1, 0.15) is 6.04 Å². The molecule has 100 valence electrons. The monoisotopic (exact) mass is 257 g/mol. The first-order valence-corrected chi connectivity index (χ1v) is 6.61. The Morgan fingerprint density at radius 2 is 2.16 bits per heavy atom. The maximum atomic E-state index is 11.2. The number of hydrogen-bond acceptors (Lipinski definition) is 3. The maximum Gasteiger partial charge on any atom is 0.220 e. The average Bonchev–Trinajstić information content (AvgIpc) is 2.40. The van der Waals surface area contributed by atoms with Crippen molar-refractivity contribution in [3.8, 4) is 6.07 Å². The summed E-state index contributed by atoms with van der Waals surface area (Å²) in [7, 11) is 0. The largest absolute Gasteiger partial charge is 0.369 e. The Balaban J connectivity index is 2.08. The molecule has 1 unspecified atom stereocenters. The lowest BCUT2D eigenvalue weighted by atomic mass is 9.94. The highest BCUT2D eigenvalue weighted by Gasteiger charge is 2.28. The first kappa shape index (κ1) is 13.6. The number of primary amides is 1. The van der Waals surface area contributed by atoms with Crippen molar-refractivity contribution in [2.45, 2.75) is 25.8 Å². The fraction of sp³-hybridized carbons (Fsp3) is 0.467. The van der Waals surface area contributed by atoms with E-state index in [1.165, 1.54) is 0 Å². The zero-order chi connectivity index (χ0) is 13.8. The molecule has 4 nitrogen and oxygen atoms in total. The third-order valence-electron chi connectivity index (χ3n) is 3.78.